The summed E-state index contributed by atoms with van der Waals surface area (Å²) in [5.41, 5.74) is -0.546. The topological polar surface area (TPSA) is 80.8 Å². The molecule has 0 amide bonds. The van der Waals surface area contributed by atoms with Crippen LogP contribution in [0.5, 0.6) is 0 Å². The molecule has 0 bridgehead atoms. The first-order valence-corrected chi connectivity index (χ1v) is 11.9. The molecule has 2 atom stereocenters. The van der Waals surface area contributed by atoms with Gasteiger partial charge in [0.25, 0.3) is 0 Å². The Kier molecular flexibility index (Phi) is 8.71. The number of hydrogen-bond acceptors (Lipinski definition) is 5. The van der Waals surface area contributed by atoms with Crippen molar-refractivity contribution in [1.82, 2.24) is 4.31 Å². The summed E-state index contributed by atoms with van der Waals surface area (Å²) in [6.45, 7) is 9.71. The van der Waals surface area contributed by atoms with Gasteiger partial charge in [-0.25, -0.2) is 16.8 Å². The van der Waals surface area contributed by atoms with Crippen molar-refractivity contribution in [2.75, 3.05) is 24.8 Å². The zero-order valence-corrected chi connectivity index (χ0v) is 17.1. The summed E-state index contributed by atoms with van der Waals surface area (Å²) < 4.78 is 54.6. The van der Waals surface area contributed by atoms with Crippen molar-refractivity contribution in [3.05, 3.63) is 0 Å². The number of hydrogen-bond donors (Lipinski definition) is 0. The molecule has 8 heteroatoms. The van der Waals surface area contributed by atoms with E-state index in [9.17, 15) is 16.8 Å². The molecule has 23 heavy (non-hydrogen) atoms. The average Bonchev–Trinajstić information content (AvgIpc) is 2.38. The summed E-state index contributed by atoms with van der Waals surface area (Å²) in [5, 5.41) is 0. The maximum Gasteiger partial charge on any atom is 0.211 e. The minimum Gasteiger partial charge on any atom is -0.374 e. The van der Waals surface area contributed by atoms with Crippen LogP contribution >= 0.6 is 0 Å². The fourth-order valence-corrected chi connectivity index (χ4v) is 4.32. The van der Waals surface area contributed by atoms with Crippen LogP contribution in [0.15, 0.2) is 0 Å². The SMILES string of the molecule is CC[C@H](C)O[C@H](CCS(C)(=O)=O)CN(C(C)(C)CC)S(C)(=O)=O. The highest BCUT2D eigenvalue weighted by atomic mass is 32.2. The van der Waals surface area contributed by atoms with Gasteiger partial charge in [0.15, 0.2) is 0 Å². The van der Waals surface area contributed by atoms with E-state index < -0.39 is 31.5 Å². The molecule has 0 radical (unpaired) electrons. The van der Waals surface area contributed by atoms with Gasteiger partial charge in [-0.15, -0.1) is 0 Å². The monoisotopic (exact) mass is 371 g/mol. The van der Waals surface area contributed by atoms with Crippen LogP contribution in [0, 0.1) is 0 Å². The Labute approximate surface area is 142 Å². The minimum absolute atomic E-state index is 0.0156. The summed E-state index contributed by atoms with van der Waals surface area (Å²) in [4.78, 5) is 0. The van der Waals surface area contributed by atoms with Crippen LogP contribution in [-0.4, -0.2) is 63.7 Å². The fraction of sp³-hybridized carbons (Fsp3) is 1.00. The molecule has 0 saturated carbocycles. The maximum absolute atomic E-state index is 12.2. The van der Waals surface area contributed by atoms with Gasteiger partial charge in [-0.3, -0.25) is 0 Å². The number of ether oxygens (including phenoxy) is 1. The Hall–Kier alpha value is -0.180. The molecule has 0 saturated heterocycles. The van der Waals surface area contributed by atoms with E-state index in [1.165, 1.54) is 16.8 Å². The van der Waals surface area contributed by atoms with Gasteiger partial charge in [-0.2, -0.15) is 4.31 Å². The van der Waals surface area contributed by atoms with E-state index in [1.54, 1.807) is 0 Å². The van der Waals surface area contributed by atoms with Crippen LogP contribution in [0.2, 0.25) is 0 Å². The van der Waals surface area contributed by atoms with E-state index >= 15 is 0 Å². The molecule has 0 fully saturated rings. The third-order valence-corrected chi connectivity index (χ3v) is 6.54. The van der Waals surface area contributed by atoms with E-state index in [1.807, 2.05) is 34.6 Å². The number of sulfonamides is 1. The van der Waals surface area contributed by atoms with Gasteiger partial charge < -0.3 is 4.74 Å². The Bertz CT molecular complexity index is 554. The molecular weight excluding hydrogens is 338 g/mol. The van der Waals surface area contributed by atoms with E-state index in [-0.39, 0.29) is 24.8 Å². The van der Waals surface area contributed by atoms with Gasteiger partial charge >= 0.3 is 0 Å². The molecule has 140 valence electrons. The molecule has 0 aromatic rings. The summed E-state index contributed by atoms with van der Waals surface area (Å²) in [6, 6.07) is 0. The minimum atomic E-state index is -3.42. The van der Waals surface area contributed by atoms with Crippen molar-refractivity contribution in [3.63, 3.8) is 0 Å². The van der Waals surface area contributed by atoms with E-state index in [2.05, 4.69) is 0 Å². The smallest absolute Gasteiger partial charge is 0.211 e. The van der Waals surface area contributed by atoms with Crippen molar-refractivity contribution in [2.45, 2.75) is 71.6 Å². The third kappa shape index (κ3) is 9.02. The molecule has 6 nitrogen and oxygen atoms in total. The predicted molar refractivity (Wildman–Crippen MR) is 94.9 cm³/mol. The molecule has 0 aromatic heterocycles. The van der Waals surface area contributed by atoms with Crippen LogP contribution in [0.4, 0.5) is 0 Å². The van der Waals surface area contributed by atoms with Gasteiger partial charge in [0, 0.05) is 18.3 Å². The van der Waals surface area contributed by atoms with E-state index in [4.69, 9.17) is 4.74 Å². The Morgan fingerprint density at radius 2 is 1.61 bits per heavy atom. The Morgan fingerprint density at radius 1 is 1.09 bits per heavy atom. The molecule has 0 aromatic carbocycles. The van der Waals surface area contributed by atoms with Gasteiger partial charge in [0.1, 0.15) is 9.84 Å². The second-order valence-electron chi connectivity index (χ2n) is 6.86. The molecule has 0 spiro atoms. The highest BCUT2D eigenvalue weighted by Gasteiger charge is 2.34. The first kappa shape index (κ1) is 22.8. The second kappa shape index (κ2) is 8.78. The highest BCUT2D eigenvalue weighted by molar-refractivity contribution is 7.90. The number of nitrogens with zero attached hydrogens (tertiary/aromatic N) is 1. The van der Waals surface area contributed by atoms with E-state index in [0.29, 0.717) is 6.42 Å². The Morgan fingerprint density at radius 3 is 1.96 bits per heavy atom. The molecule has 0 aliphatic carbocycles. The van der Waals surface area contributed by atoms with Crippen LogP contribution in [0.3, 0.4) is 0 Å². The van der Waals surface area contributed by atoms with Crippen LogP contribution in [-0.2, 0) is 24.6 Å². The maximum atomic E-state index is 12.2. The standard InChI is InChI=1S/C15H33NO5S2/c1-8-13(3)21-14(10-11-22(6,17)18)12-16(23(7,19)20)15(4,5)9-2/h13-14H,8-12H2,1-7H3/t13-,14+/m0/s1. The molecule has 0 N–H and O–H groups in total. The van der Waals surface area contributed by atoms with Gasteiger partial charge in [0.05, 0.1) is 24.2 Å². The number of rotatable bonds is 11. The summed E-state index contributed by atoms with van der Waals surface area (Å²) >= 11 is 0. The van der Waals surface area contributed by atoms with Gasteiger partial charge in [-0.1, -0.05) is 13.8 Å². The second-order valence-corrected chi connectivity index (χ2v) is 11.0. The van der Waals surface area contributed by atoms with Crippen molar-refractivity contribution in [3.8, 4) is 0 Å². The normalized spacial score (nSPS) is 16.5. The molecule has 0 rings (SSSR count). The molecule has 0 aliphatic rings. The predicted octanol–water partition coefficient (Wildman–Crippen LogP) is 2.05. The quantitative estimate of drug-likeness (QED) is 0.555. The zero-order chi connectivity index (χ0) is 18.5. The lowest BCUT2D eigenvalue weighted by molar-refractivity contribution is -0.0218. The summed E-state index contributed by atoms with van der Waals surface area (Å²) in [6.07, 6.45) is 3.59. The first-order chi connectivity index (χ1) is 10.2. The van der Waals surface area contributed by atoms with Gasteiger partial charge in [0.2, 0.25) is 10.0 Å². The van der Waals surface area contributed by atoms with Crippen LogP contribution in [0.1, 0.15) is 53.9 Å². The van der Waals surface area contributed by atoms with Crippen LogP contribution < -0.4 is 0 Å². The lowest BCUT2D eigenvalue weighted by Gasteiger charge is -2.38. The first-order valence-electron chi connectivity index (χ1n) is 8.04. The fourth-order valence-electron chi connectivity index (χ4n) is 2.17. The Balaban J connectivity index is 5.35. The summed E-state index contributed by atoms with van der Waals surface area (Å²) in [5.74, 6) is -0.0156. The van der Waals surface area contributed by atoms with Crippen molar-refractivity contribution >= 4 is 19.9 Å². The lowest BCUT2D eigenvalue weighted by atomic mass is 10.0. The van der Waals surface area contributed by atoms with Gasteiger partial charge in [-0.05, 0) is 40.0 Å². The van der Waals surface area contributed by atoms with Crippen molar-refractivity contribution < 1.29 is 21.6 Å². The molecule has 0 unspecified atom stereocenters. The zero-order valence-electron chi connectivity index (χ0n) is 15.5. The largest absolute Gasteiger partial charge is 0.374 e. The lowest BCUT2D eigenvalue weighted by Crippen LogP contribution is -2.51. The molecular formula is C15H33NO5S2. The highest BCUT2D eigenvalue weighted by Crippen LogP contribution is 2.24. The number of sulfone groups is 1. The van der Waals surface area contributed by atoms with Crippen LogP contribution in [0.25, 0.3) is 0 Å². The van der Waals surface area contributed by atoms with E-state index in [0.717, 1.165) is 6.42 Å². The third-order valence-electron chi connectivity index (χ3n) is 4.12. The average molecular weight is 372 g/mol. The van der Waals surface area contributed by atoms with Crippen molar-refractivity contribution in [2.24, 2.45) is 0 Å². The van der Waals surface area contributed by atoms with Crippen molar-refractivity contribution in [1.29, 1.82) is 0 Å². The molecule has 0 aliphatic heterocycles. The molecule has 0 heterocycles. The summed E-state index contributed by atoms with van der Waals surface area (Å²) in [7, 11) is -6.54.